The number of anilines is 1. The van der Waals surface area contributed by atoms with Crippen molar-refractivity contribution in [2.45, 2.75) is 20.3 Å². The molecule has 0 saturated carbocycles. The molecule has 6 heteroatoms. The van der Waals surface area contributed by atoms with Crippen LogP contribution in [0.2, 0.25) is 5.02 Å². The van der Waals surface area contributed by atoms with E-state index in [9.17, 15) is 4.79 Å². The van der Waals surface area contributed by atoms with Gasteiger partial charge in [0.25, 0.3) is 5.91 Å². The van der Waals surface area contributed by atoms with Crippen LogP contribution in [0.15, 0.2) is 29.7 Å². The highest BCUT2D eigenvalue weighted by Crippen LogP contribution is 2.14. The molecule has 1 N–H and O–H groups in total. The second kappa shape index (κ2) is 7.39. The highest BCUT2D eigenvalue weighted by atomic mass is 35.5. The summed E-state index contributed by atoms with van der Waals surface area (Å²) in [7, 11) is 0. The molecule has 0 aliphatic rings. The molecule has 0 radical (unpaired) electrons. The van der Waals surface area contributed by atoms with Crippen molar-refractivity contribution in [3.63, 3.8) is 0 Å². The third-order valence-corrected chi connectivity index (χ3v) is 2.45. The van der Waals surface area contributed by atoms with Gasteiger partial charge in [0.1, 0.15) is 17.6 Å². The van der Waals surface area contributed by atoms with Crippen LogP contribution in [0.4, 0.5) is 5.82 Å². The summed E-state index contributed by atoms with van der Waals surface area (Å²) in [5.74, 6) is 0.160. The Labute approximate surface area is 116 Å². The zero-order chi connectivity index (χ0) is 14.3. The number of halogens is 1. The molecule has 1 amide bonds. The van der Waals surface area contributed by atoms with Crippen LogP contribution in [-0.2, 0) is 9.53 Å². The Bertz CT molecular complexity index is 518. The van der Waals surface area contributed by atoms with Crippen molar-refractivity contribution in [3.05, 3.63) is 34.7 Å². The average molecular weight is 280 g/mol. The predicted molar refractivity (Wildman–Crippen MR) is 72.4 cm³/mol. The molecule has 1 aromatic heterocycles. The number of allylic oxidation sites excluding steroid dienone is 1. The van der Waals surface area contributed by atoms with Crippen molar-refractivity contribution in [1.82, 2.24) is 4.98 Å². The molecule has 0 spiro atoms. The summed E-state index contributed by atoms with van der Waals surface area (Å²) in [4.78, 5) is 15.9. The number of pyridine rings is 1. The first-order chi connectivity index (χ1) is 9.12. The van der Waals surface area contributed by atoms with Gasteiger partial charge in [-0.1, -0.05) is 18.5 Å². The zero-order valence-electron chi connectivity index (χ0n) is 10.7. The minimum Gasteiger partial charge on any atom is -0.497 e. The molecule has 0 aliphatic carbocycles. The van der Waals surface area contributed by atoms with Gasteiger partial charge in [0, 0.05) is 12.6 Å². The van der Waals surface area contributed by atoms with Gasteiger partial charge in [0.2, 0.25) is 0 Å². The van der Waals surface area contributed by atoms with Crippen LogP contribution in [0.1, 0.15) is 20.3 Å². The molecular weight excluding hydrogens is 266 g/mol. The standard InChI is InChI=1S/C13H14ClN3O2/c1-3-11(19-4-2)10(7-15)13(18)17-12-6-5-9(14)8-16-12/h5-6,8H,3-4H2,1-2H3,(H,16,17,18). The molecule has 19 heavy (non-hydrogen) atoms. The van der Waals surface area contributed by atoms with Gasteiger partial charge in [-0.25, -0.2) is 4.98 Å². The van der Waals surface area contributed by atoms with E-state index >= 15 is 0 Å². The lowest BCUT2D eigenvalue weighted by Crippen LogP contribution is -2.17. The molecular formula is C13H14ClN3O2. The highest BCUT2D eigenvalue weighted by molar-refractivity contribution is 6.30. The van der Waals surface area contributed by atoms with Crippen molar-refractivity contribution in [2.75, 3.05) is 11.9 Å². The quantitative estimate of drug-likeness (QED) is 0.511. The number of rotatable bonds is 5. The third kappa shape index (κ3) is 4.27. The first-order valence-electron chi connectivity index (χ1n) is 5.81. The number of carbonyl (C=O) groups excluding carboxylic acids is 1. The number of aromatic nitrogens is 1. The second-order valence-electron chi connectivity index (χ2n) is 3.51. The van der Waals surface area contributed by atoms with Crippen molar-refractivity contribution in [2.24, 2.45) is 0 Å². The summed E-state index contributed by atoms with van der Waals surface area (Å²) in [5.41, 5.74) is -0.0406. The number of nitriles is 1. The zero-order valence-corrected chi connectivity index (χ0v) is 11.5. The SMILES string of the molecule is CCOC(CC)=C(C#N)C(=O)Nc1ccc(Cl)cn1. The summed E-state index contributed by atoms with van der Waals surface area (Å²) < 4.78 is 5.28. The number of hydrogen-bond acceptors (Lipinski definition) is 4. The number of amides is 1. The molecule has 0 fully saturated rings. The van der Waals surface area contributed by atoms with Crippen molar-refractivity contribution in [3.8, 4) is 6.07 Å². The van der Waals surface area contributed by atoms with Gasteiger partial charge in [-0.15, -0.1) is 0 Å². The van der Waals surface area contributed by atoms with Crippen LogP contribution in [0.5, 0.6) is 0 Å². The van der Waals surface area contributed by atoms with Gasteiger partial charge in [0.15, 0.2) is 5.57 Å². The molecule has 1 aromatic rings. The molecule has 0 aliphatic heterocycles. The Balaban J connectivity index is 2.91. The lowest BCUT2D eigenvalue weighted by molar-refractivity contribution is -0.112. The smallest absolute Gasteiger partial charge is 0.270 e. The summed E-state index contributed by atoms with van der Waals surface area (Å²) in [5, 5.41) is 12.1. The van der Waals surface area contributed by atoms with Gasteiger partial charge in [-0.3, -0.25) is 4.79 Å². The van der Waals surface area contributed by atoms with Gasteiger partial charge in [0.05, 0.1) is 11.6 Å². The maximum atomic E-state index is 12.0. The van der Waals surface area contributed by atoms with Gasteiger partial charge < -0.3 is 10.1 Å². The summed E-state index contributed by atoms with van der Waals surface area (Å²) >= 11 is 5.70. The van der Waals surface area contributed by atoms with E-state index in [1.54, 1.807) is 19.1 Å². The third-order valence-electron chi connectivity index (χ3n) is 2.23. The minimum absolute atomic E-state index is 0.0406. The normalized spacial score (nSPS) is 11.3. The van der Waals surface area contributed by atoms with E-state index in [1.165, 1.54) is 6.20 Å². The Kier molecular flexibility index (Phi) is 5.83. The van der Waals surface area contributed by atoms with E-state index in [0.29, 0.717) is 29.6 Å². The topological polar surface area (TPSA) is 75.0 Å². The summed E-state index contributed by atoms with van der Waals surface area (Å²) in [6.07, 6.45) is 1.88. The monoisotopic (exact) mass is 279 g/mol. The first kappa shape index (κ1) is 15.0. The van der Waals surface area contributed by atoms with E-state index in [0.717, 1.165) is 0 Å². The first-order valence-corrected chi connectivity index (χ1v) is 6.19. The summed E-state index contributed by atoms with van der Waals surface area (Å²) in [6, 6.07) is 5.02. The van der Waals surface area contributed by atoms with Gasteiger partial charge in [-0.05, 0) is 19.1 Å². The van der Waals surface area contributed by atoms with E-state index in [-0.39, 0.29) is 5.57 Å². The maximum absolute atomic E-state index is 12.0. The van der Waals surface area contributed by atoms with Gasteiger partial charge in [-0.2, -0.15) is 5.26 Å². The Morgan fingerprint density at radius 3 is 2.74 bits per heavy atom. The number of carbonyl (C=O) groups is 1. The maximum Gasteiger partial charge on any atom is 0.270 e. The molecule has 0 aromatic carbocycles. The Hall–Kier alpha value is -2.06. The molecule has 1 rings (SSSR count). The molecule has 1 heterocycles. The van der Waals surface area contributed by atoms with Crippen LogP contribution in [0.3, 0.4) is 0 Å². The van der Waals surface area contributed by atoms with E-state index < -0.39 is 5.91 Å². The molecule has 0 saturated heterocycles. The largest absolute Gasteiger partial charge is 0.497 e. The fourth-order valence-electron chi connectivity index (χ4n) is 1.39. The number of ether oxygens (including phenoxy) is 1. The lowest BCUT2D eigenvalue weighted by Gasteiger charge is -2.09. The Morgan fingerprint density at radius 1 is 1.53 bits per heavy atom. The van der Waals surface area contributed by atoms with Crippen molar-refractivity contribution in [1.29, 1.82) is 5.26 Å². The molecule has 0 atom stereocenters. The number of hydrogen-bond donors (Lipinski definition) is 1. The second-order valence-corrected chi connectivity index (χ2v) is 3.95. The fraction of sp³-hybridized carbons (Fsp3) is 0.308. The highest BCUT2D eigenvalue weighted by Gasteiger charge is 2.16. The molecule has 5 nitrogen and oxygen atoms in total. The van der Waals surface area contributed by atoms with Crippen molar-refractivity contribution < 1.29 is 9.53 Å². The van der Waals surface area contributed by atoms with Crippen LogP contribution < -0.4 is 5.32 Å². The van der Waals surface area contributed by atoms with E-state index in [1.807, 2.05) is 13.0 Å². The van der Waals surface area contributed by atoms with Crippen LogP contribution >= 0.6 is 11.6 Å². The number of nitrogens with zero attached hydrogens (tertiary/aromatic N) is 2. The fourth-order valence-corrected chi connectivity index (χ4v) is 1.51. The predicted octanol–water partition coefficient (Wildman–Crippen LogP) is 2.90. The van der Waals surface area contributed by atoms with Crippen molar-refractivity contribution >= 4 is 23.3 Å². The Morgan fingerprint density at radius 2 is 2.26 bits per heavy atom. The molecule has 0 unspecified atom stereocenters. The van der Waals surface area contributed by atoms with E-state index in [4.69, 9.17) is 21.6 Å². The minimum atomic E-state index is -0.539. The molecule has 0 bridgehead atoms. The average Bonchev–Trinajstić information content (AvgIpc) is 2.41. The summed E-state index contributed by atoms with van der Waals surface area (Å²) in [6.45, 7) is 4.01. The van der Waals surface area contributed by atoms with Crippen LogP contribution in [0, 0.1) is 11.3 Å². The van der Waals surface area contributed by atoms with Crippen LogP contribution in [-0.4, -0.2) is 17.5 Å². The lowest BCUT2D eigenvalue weighted by atomic mass is 10.2. The van der Waals surface area contributed by atoms with Crippen LogP contribution in [0.25, 0.3) is 0 Å². The molecule has 100 valence electrons. The van der Waals surface area contributed by atoms with Gasteiger partial charge >= 0.3 is 0 Å². The van der Waals surface area contributed by atoms with E-state index in [2.05, 4.69) is 10.3 Å². The number of nitrogens with one attached hydrogen (secondary N) is 1.